The molecule has 0 bridgehead atoms. The molecule has 1 aromatic heterocycles. The number of hydrogen-bond donors (Lipinski definition) is 2. The predicted octanol–water partition coefficient (Wildman–Crippen LogP) is -0.659. The quantitative estimate of drug-likeness (QED) is 0.335. The van der Waals surface area contributed by atoms with Crippen molar-refractivity contribution in [1.29, 1.82) is 0 Å². The van der Waals surface area contributed by atoms with Gasteiger partial charge in [0.1, 0.15) is 0 Å². The summed E-state index contributed by atoms with van der Waals surface area (Å²) in [4.78, 5) is 20.8. The van der Waals surface area contributed by atoms with Gasteiger partial charge in [-0.05, 0) is 6.07 Å². The third-order valence-electron chi connectivity index (χ3n) is 1.11. The van der Waals surface area contributed by atoms with E-state index in [4.69, 9.17) is 5.84 Å². The number of nitrogen functional groups attached to an aromatic ring is 1. The van der Waals surface area contributed by atoms with E-state index in [1.165, 1.54) is 18.6 Å². The average molecular weight is 153 g/mol. The molecule has 1 radical (unpaired) electrons. The van der Waals surface area contributed by atoms with Crippen molar-refractivity contribution in [2.24, 2.45) is 5.84 Å². The van der Waals surface area contributed by atoms with E-state index in [9.17, 15) is 9.59 Å². The van der Waals surface area contributed by atoms with E-state index in [2.05, 4.69) is 4.42 Å². The summed E-state index contributed by atoms with van der Waals surface area (Å²) in [6.07, 6.45) is 2.74. The Morgan fingerprint density at radius 3 is 3.00 bits per heavy atom. The highest BCUT2D eigenvalue weighted by atomic mass is 16.3. The number of nitrogens with two attached hydrogens (primary N) is 1. The molecule has 0 unspecified atom stereocenters. The van der Waals surface area contributed by atoms with Crippen LogP contribution in [0.2, 0.25) is 0 Å². The molecule has 5 nitrogen and oxygen atoms in total. The molecule has 0 aliphatic rings. The first-order valence-corrected chi connectivity index (χ1v) is 2.76. The lowest BCUT2D eigenvalue weighted by molar-refractivity contribution is 0.0925. The maximum absolute atomic E-state index is 10.7. The van der Waals surface area contributed by atoms with Gasteiger partial charge in [-0.25, -0.2) is 5.84 Å². The maximum Gasteiger partial charge on any atom is 0.301 e. The van der Waals surface area contributed by atoms with E-state index in [1.807, 2.05) is 5.43 Å². The summed E-state index contributed by atoms with van der Waals surface area (Å²) >= 11 is 0. The zero-order chi connectivity index (χ0) is 8.27. The topological polar surface area (TPSA) is 85.3 Å². The second-order valence-electron chi connectivity index (χ2n) is 1.74. The monoisotopic (exact) mass is 153 g/mol. The van der Waals surface area contributed by atoms with Crippen LogP contribution in [0.3, 0.4) is 0 Å². The summed E-state index contributed by atoms with van der Waals surface area (Å²) in [6.45, 7) is 0. The van der Waals surface area contributed by atoms with Crippen molar-refractivity contribution < 1.29 is 14.0 Å². The predicted molar refractivity (Wildman–Crippen MR) is 35.2 cm³/mol. The third kappa shape index (κ3) is 1.27. The largest absolute Gasteiger partial charge is 0.458 e. The Hall–Kier alpha value is -1.62. The van der Waals surface area contributed by atoms with Crippen LogP contribution in [0.5, 0.6) is 0 Å². The minimum atomic E-state index is -0.645. The lowest BCUT2D eigenvalue weighted by Gasteiger charge is -1.92. The fourth-order valence-electron chi connectivity index (χ4n) is 0.631. The van der Waals surface area contributed by atoms with Crippen molar-refractivity contribution in [3.63, 3.8) is 0 Å². The molecule has 1 aromatic rings. The summed E-state index contributed by atoms with van der Waals surface area (Å²) in [5.74, 6) is 4.03. The van der Waals surface area contributed by atoms with Crippen LogP contribution >= 0.6 is 0 Å². The van der Waals surface area contributed by atoms with Crippen LogP contribution in [0, 0.1) is 0 Å². The first-order valence-electron chi connectivity index (χ1n) is 2.76. The Kier molecular flexibility index (Phi) is 2.03. The molecule has 0 spiro atoms. The summed E-state index contributed by atoms with van der Waals surface area (Å²) < 4.78 is 4.65. The first kappa shape index (κ1) is 7.49. The van der Waals surface area contributed by atoms with E-state index in [0.717, 1.165) is 0 Å². The molecule has 57 valence electrons. The summed E-state index contributed by atoms with van der Waals surface area (Å²) in [5, 5.41) is 0. The van der Waals surface area contributed by atoms with Crippen LogP contribution in [0.25, 0.3) is 0 Å². The second kappa shape index (κ2) is 2.98. The molecule has 0 saturated carbocycles. The minimum absolute atomic E-state index is 0.0629. The summed E-state index contributed by atoms with van der Waals surface area (Å²) in [5.41, 5.74) is 1.89. The van der Waals surface area contributed by atoms with Crippen molar-refractivity contribution in [2.45, 2.75) is 0 Å². The average Bonchev–Trinajstić information content (AvgIpc) is 2.50. The van der Waals surface area contributed by atoms with E-state index < -0.39 is 5.91 Å². The molecule has 0 atom stereocenters. The molecule has 0 fully saturated rings. The van der Waals surface area contributed by atoms with E-state index >= 15 is 0 Å². The number of carbonyl (C=O) groups excluding carboxylic acids is 2. The standard InChI is InChI=1S/C6H5N2O3/c7-8-6(10)5-4(3-9)1-2-11-5/h1-2H,7H2,(H,8,10). The number of amides is 1. The Bertz CT molecular complexity index is 279. The SMILES string of the molecule is NNC(=O)c1occc1[C]=O. The number of furan rings is 1. The number of carbonyl (C=O) groups is 1. The van der Waals surface area contributed by atoms with Crippen LogP contribution in [0.15, 0.2) is 16.7 Å². The summed E-state index contributed by atoms with van der Waals surface area (Å²) in [7, 11) is 0. The highest BCUT2D eigenvalue weighted by Gasteiger charge is 2.13. The number of rotatable bonds is 2. The molecule has 11 heavy (non-hydrogen) atoms. The van der Waals surface area contributed by atoms with Gasteiger partial charge in [0.2, 0.25) is 12.0 Å². The van der Waals surface area contributed by atoms with Gasteiger partial charge in [-0.1, -0.05) is 0 Å². The van der Waals surface area contributed by atoms with E-state index in [1.54, 1.807) is 0 Å². The molecule has 1 rings (SSSR count). The van der Waals surface area contributed by atoms with Gasteiger partial charge in [0.05, 0.1) is 11.8 Å². The molecule has 0 aromatic carbocycles. The zero-order valence-corrected chi connectivity index (χ0v) is 5.46. The van der Waals surface area contributed by atoms with E-state index in [-0.39, 0.29) is 11.3 Å². The number of hydrogen-bond acceptors (Lipinski definition) is 4. The van der Waals surface area contributed by atoms with Crippen molar-refractivity contribution >= 4 is 12.2 Å². The Labute approximate surface area is 62.1 Å². The van der Waals surface area contributed by atoms with Crippen molar-refractivity contribution in [1.82, 2.24) is 5.43 Å². The fraction of sp³-hybridized carbons (Fsp3) is 0. The molecule has 0 saturated heterocycles. The second-order valence-corrected chi connectivity index (χ2v) is 1.74. The van der Waals surface area contributed by atoms with Gasteiger partial charge in [0.15, 0.2) is 0 Å². The Morgan fingerprint density at radius 2 is 2.45 bits per heavy atom. The van der Waals surface area contributed by atoms with Gasteiger partial charge >= 0.3 is 5.91 Å². The van der Waals surface area contributed by atoms with Crippen LogP contribution in [-0.2, 0) is 4.79 Å². The molecule has 3 N–H and O–H groups in total. The zero-order valence-electron chi connectivity index (χ0n) is 5.46. The molecule has 1 amide bonds. The van der Waals surface area contributed by atoms with Crippen LogP contribution < -0.4 is 11.3 Å². The summed E-state index contributed by atoms with van der Waals surface area (Å²) in [6, 6.07) is 1.33. The molecule has 1 heterocycles. The Morgan fingerprint density at radius 1 is 1.73 bits per heavy atom. The lowest BCUT2D eigenvalue weighted by atomic mass is 10.3. The highest BCUT2D eigenvalue weighted by molar-refractivity contribution is 5.98. The van der Waals surface area contributed by atoms with Crippen molar-refractivity contribution in [3.05, 3.63) is 23.7 Å². The molecular formula is C6H5N2O3. The van der Waals surface area contributed by atoms with Crippen LogP contribution in [-0.4, -0.2) is 12.2 Å². The first-order chi connectivity index (χ1) is 5.29. The van der Waals surface area contributed by atoms with Gasteiger partial charge < -0.3 is 4.42 Å². The Balaban J connectivity index is 3.01. The number of hydrazine groups is 1. The van der Waals surface area contributed by atoms with Gasteiger partial charge in [0, 0.05) is 0 Å². The maximum atomic E-state index is 10.7. The highest BCUT2D eigenvalue weighted by Crippen LogP contribution is 2.06. The van der Waals surface area contributed by atoms with Crippen molar-refractivity contribution in [2.75, 3.05) is 0 Å². The van der Waals surface area contributed by atoms with Crippen LogP contribution in [0.1, 0.15) is 16.1 Å². The van der Waals surface area contributed by atoms with Gasteiger partial charge in [-0.2, -0.15) is 0 Å². The molecule has 0 aliphatic carbocycles. The molecule has 5 heteroatoms. The normalized spacial score (nSPS) is 9.18. The van der Waals surface area contributed by atoms with Gasteiger partial charge in [-0.3, -0.25) is 15.0 Å². The third-order valence-corrected chi connectivity index (χ3v) is 1.11. The smallest absolute Gasteiger partial charge is 0.301 e. The van der Waals surface area contributed by atoms with Gasteiger partial charge in [0.25, 0.3) is 0 Å². The van der Waals surface area contributed by atoms with E-state index in [0.29, 0.717) is 0 Å². The fourth-order valence-corrected chi connectivity index (χ4v) is 0.631. The van der Waals surface area contributed by atoms with Crippen LogP contribution in [0.4, 0.5) is 0 Å². The molecular weight excluding hydrogens is 148 g/mol. The number of nitrogens with one attached hydrogen (secondary N) is 1. The van der Waals surface area contributed by atoms with Crippen molar-refractivity contribution in [3.8, 4) is 0 Å². The van der Waals surface area contributed by atoms with Gasteiger partial charge in [-0.15, -0.1) is 0 Å². The molecule has 0 aliphatic heterocycles. The minimum Gasteiger partial charge on any atom is -0.458 e. The lowest BCUT2D eigenvalue weighted by Crippen LogP contribution is -2.30.